The number of sulfone groups is 2. The first-order valence-electron chi connectivity index (χ1n) is 8.19. The molecule has 1 heterocycles. The maximum Gasteiger partial charge on any atom is 0.177 e. The summed E-state index contributed by atoms with van der Waals surface area (Å²) in [5.41, 5.74) is 0.410. The number of para-hydroxylation sites is 2. The summed E-state index contributed by atoms with van der Waals surface area (Å²) in [6.45, 7) is 0.700. The summed E-state index contributed by atoms with van der Waals surface area (Å²) in [5.74, 6) is 1.31. The van der Waals surface area contributed by atoms with E-state index in [9.17, 15) is 16.8 Å². The fourth-order valence-electron chi connectivity index (χ4n) is 2.89. The van der Waals surface area contributed by atoms with Crippen molar-refractivity contribution < 1.29 is 26.3 Å². The van der Waals surface area contributed by atoms with Crippen LogP contribution in [0.1, 0.15) is 0 Å². The van der Waals surface area contributed by atoms with E-state index >= 15 is 0 Å². The van der Waals surface area contributed by atoms with Crippen molar-refractivity contribution in [3.8, 4) is 11.5 Å². The van der Waals surface area contributed by atoms with Crippen LogP contribution in [0.2, 0.25) is 0 Å². The smallest absolute Gasteiger partial charge is 0.177 e. The Kier molecular flexibility index (Phi) is 5.09. The molecule has 27 heavy (non-hydrogen) atoms. The van der Waals surface area contributed by atoms with Gasteiger partial charge in [0, 0.05) is 19.6 Å². The SMILES string of the molecule is CN(CC1COc2ccccc2O1)c1ccc(S(C)(=O)=O)cc1S(C)(=O)=O. The lowest BCUT2D eigenvalue weighted by molar-refractivity contribution is 0.0960. The van der Waals surface area contributed by atoms with Crippen LogP contribution >= 0.6 is 0 Å². The van der Waals surface area contributed by atoms with Gasteiger partial charge in [0.2, 0.25) is 0 Å². The standard InChI is InChI=1S/C18H21NO6S2/c1-19(11-13-12-24-16-6-4-5-7-17(16)25-13)15-9-8-14(26(2,20)21)10-18(15)27(3,22)23/h4-10,13H,11-12H2,1-3H3. The van der Waals surface area contributed by atoms with Crippen molar-refractivity contribution in [2.45, 2.75) is 15.9 Å². The number of hydrogen-bond acceptors (Lipinski definition) is 7. The van der Waals surface area contributed by atoms with Crippen LogP contribution in [0.15, 0.2) is 52.3 Å². The second-order valence-corrected chi connectivity index (χ2v) is 10.6. The molecule has 7 nitrogen and oxygen atoms in total. The fraction of sp³-hybridized carbons (Fsp3) is 0.333. The quantitative estimate of drug-likeness (QED) is 0.741. The monoisotopic (exact) mass is 411 g/mol. The number of ether oxygens (including phenoxy) is 2. The molecule has 0 bridgehead atoms. The highest BCUT2D eigenvalue weighted by molar-refractivity contribution is 7.91. The van der Waals surface area contributed by atoms with Gasteiger partial charge in [-0.2, -0.15) is 0 Å². The molecule has 2 aromatic carbocycles. The molecule has 3 rings (SSSR count). The van der Waals surface area contributed by atoms with E-state index in [1.807, 2.05) is 24.3 Å². The van der Waals surface area contributed by atoms with Crippen molar-refractivity contribution in [3.63, 3.8) is 0 Å². The Hall–Kier alpha value is -2.26. The Morgan fingerprint density at radius 2 is 1.67 bits per heavy atom. The largest absolute Gasteiger partial charge is 0.486 e. The third-order valence-electron chi connectivity index (χ3n) is 4.22. The summed E-state index contributed by atoms with van der Waals surface area (Å²) < 4.78 is 59.6. The van der Waals surface area contributed by atoms with Gasteiger partial charge in [-0.05, 0) is 30.3 Å². The minimum Gasteiger partial charge on any atom is -0.486 e. The highest BCUT2D eigenvalue weighted by Gasteiger charge is 2.25. The zero-order valence-corrected chi connectivity index (χ0v) is 16.9. The molecule has 0 radical (unpaired) electrons. The summed E-state index contributed by atoms with van der Waals surface area (Å²) in [5, 5.41) is 0. The second kappa shape index (κ2) is 7.05. The van der Waals surface area contributed by atoms with Gasteiger partial charge >= 0.3 is 0 Å². The molecular weight excluding hydrogens is 390 g/mol. The van der Waals surface area contributed by atoms with E-state index in [0.717, 1.165) is 12.5 Å². The Bertz CT molecular complexity index is 1060. The Labute approximate surface area is 159 Å². The number of rotatable bonds is 5. The lowest BCUT2D eigenvalue weighted by atomic mass is 10.2. The number of anilines is 1. The average molecular weight is 412 g/mol. The van der Waals surface area contributed by atoms with Gasteiger partial charge in [0.25, 0.3) is 0 Å². The molecule has 0 saturated heterocycles. The number of likely N-dealkylation sites (N-methyl/N-ethyl adjacent to an activating group) is 1. The van der Waals surface area contributed by atoms with Gasteiger partial charge in [-0.15, -0.1) is 0 Å². The molecule has 0 aromatic heterocycles. The molecule has 1 aliphatic rings. The van der Waals surface area contributed by atoms with Crippen LogP contribution in [-0.2, 0) is 19.7 Å². The first-order chi connectivity index (χ1) is 12.6. The molecule has 0 aliphatic carbocycles. The number of fused-ring (bicyclic) bond motifs is 1. The van der Waals surface area contributed by atoms with E-state index in [4.69, 9.17) is 9.47 Å². The van der Waals surface area contributed by atoms with Gasteiger partial charge < -0.3 is 14.4 Å². The minimum absolute atomic E-state index is 0.0359. The molecule has 1 unspecified atom stereocenters. The maximum absolute atomic E-state index is 12.2. The second-order valence-electron chi connectivity index (χ2n) is 6.55. The van der Waals surface area contributed by atoms with Gasteiger partial charge in [-0.25, -0.2) is 16.8 Å². The third kappa shape index (κ3) is 4.36. The van der Waals surface area contributed by atoms with Gasteiger partial charge in [-0.1, -0.05) is 12.1 Å². The van der Waals surface area contributed by atoms with Crippen LogP contribution in [0.4, 0.5) is 5.69 Å². The first-order valence-corrected chi connectivity index (χ1v) is 12.0. The van der Waals surface area contributed by atoms with E-state index in [2.05, 4.69) is 0 Å². The van der Waals surface area contributed by atoms with Crippen molar-refractivity contribution in [3.05, 3.63) is 42.5 Å². The van der Waals surface area contributed by atoms with Gasteiger partial charge in [0.15, 0.2) is 37.3 Å². The van der Waals surface area contributed by atoms with Gasteiger partial charge in [-0.3, -0.25) is 0 Å². The molecule has 0 amide bonds. The van der Waals surface area contributed by atoms with Gasteiger partial charge in [0.1, 0.15) is 6.61 Å². The molecule has 9 heteroatoms. The molecule has 1 aliphatic heterocycles. The topological polar surface area (TPSA) is 90.0 Å². The Morgan fingerprint density at radius 3 is 2.30 bits per heavy atom. The summed E-state index contributed by atoms with van der Waals surface area (Å²) in [6, 6.07) is 11.4. The Balaban J connectivity index is 1.88. The summed E-state index contributed by atoms with van der Waals surface area (Å²) in [7, 11) is -5.42. The van der Waals surface area contributed by atoms with Crippen LogP contribution in [0.25, 0.3) is 0 Å². The zero-order chi connectivity index (χ0) is 19.8. The van der Waals surface area contributed by atoms with E-state index in [0.29, 0.717) is 30.3 Å². The number of hydrogen-bond donors (Lipinski definition) is 0. The van der Waals surface area contributed by atoms with Crippen molar-refractivity contribution in [1.82, 2.24) is 0 Å². The van der Waals surface area contributed by atoms with E-state index < -0.39 is 19.7 Å². The minimum atomic E-state index is -3.63. The zero-order valence-electron chi connectivity index (χ0n) is 15.2. The molecule has 1 atom stereocenters. The molecule has 2 aromatic rings. The average Bonchev–Trinajstić information content (AvgIpc) is 2.59. The summed E-state index contributed by atoms with van der Waals surface area (Å²) in [4.78, 5) is 1.65. The molecule has 0 N–H and O–H groups in total. The van der Waals surface area contributed by atoms with Crippen LogP contribution in [0, 0.1) is 0 Å². The van der Waals surface area contributed by atoms with Crippen molar-refractivity contribution in [2.75, 3.05) is 37.6 Å². The van der Waals surface area contributed by atoms with Crippen LogP contribution in [0.5, 0.6) is 11.5 Å². The normalized spacial score (nSPS) is 16.8. The van der Waals surface area contributed by atoms with Crippen LogP contribution < -0.4 is 14.4 Å². The van der Waals surface area contributed by atoms with Crippen LogP contribution in [0.3, 0.4) is 0 Å². The summed E-state index contributed by atoms with van der Waals surface area (Å²) in [6.07, 6.45) is 1.80. The van der Waals surface area contributed by atoms with Crippen LogP contribution in [-0.4, -0.2) is 55.7 Å². The first kappa shape index (κ1) is 19.5. The van der Waals surface area contributed by atoms with Gasteiger partial charge in [0.05, 0.1) is 22.0 Å². The predicted molar refractivity (Wildman–Crippen MR) is 102 cm³/mol. The van der Waals surface area contributed by atoms with Crippen molar-refractivity contribution in [2.24, 2.45) is 0 Å². The van der Waals surface area contributed by atoms with E-state index in [-0.39, 0.29) is 15.9 Å². The third-order valence-corrected chi connectivity index (χ3v) is 6.45. The van der Waals surface area contributed by atoms with E-state index in [1.165, 1.54) is 18.2 Å². The predicted octanol–water partition coefficient (Wildman–Crippen LogP) is 1.77. The Morgan fingerprint density at radius 1 is 1.00 bits per heavy atom. The summed E-state index contributed by atoms with van der Waals surface area (Å²) >= 11 is 0. The van der Waals surface area contributed by atoms with Crippen molar-refractivity contribution >= 4 is 25.4 Å². The maximum atomic E-state index is 12.2. The number of benzene rings is 2. The highest BCUT2D eigenvalue weighted by Crippen LogP contribution is 2.32. The lowest BCUT2D eigenvalue weighted by Crippen LogP contribution is -2.39. The number of nitrogens with zero attached hydrogens (tertiary/aromatic N) is 1. The molecule has 0 saturated carbocycles. The molecule has 146 valence electrons. The fourth-order valence-corrected chi connectivity index (χ4v) is 4.56. The van der Waals surface area contributed by atoms with E-state index in [1.54, 1.807) is 11.9 Å². The lowest BCUT2D eigenvalue weighted by Gasteiger charge is -2.31. The molecular formula is C18H21NO6S2. The van der Waals surface area contributed by atoms with Crippen molar-refractivity contribution in [1.29, 1.82) is 0 Å². The highest BCUT2D eigenvalue weighted by atomic mass is 32.2. The molecule has 0 fully saturated rings. The molecule has 0 spiro atoms.